The maximum atomic E-state index is 2.41. The van der Waals surface area contributed by atoms with Gasteiger partial charge in [0.25, 0.3) is 0 Å². The second-order valence-corrected chi connectivity index (χ2v) is 4.71. The maximum Gasteiger partial charge on any atom is 0.112 e. The van der Waals surface area contributed by atoms with Gasteiger partial charge < -0.3 is 4.90 Å². The fraction of sp³-hybridized carbons (Fsp3) is 0.429. The van der Waals surface area contributed by atoms with E-state index in [2.05, 4.69) is 30.3 Å². The van der Waals surface area contributed by atoms with Crippen molar-refractivity contribution in [3.05, 3.63) is 41.1 Å². The second-order valence-electron chi connectivity index (χ2n) is 4.71. The van der Waals surface area contributed by atoms with E-state index in [-0.39, 0.29) is 0 Å². The second kappa shape index (κ2) is 3.82. The van der Waals surface area contributed by atoms with E-state index in [1.165, 1.54) is 49.9 Å². The third-order valence-electron chi connectivity index (χ3n) is 3.68. The number of benzene rings is 1. The minimum absolute atomic E-state index is 1.19. The average molecular weight is 200 g/mol. The van der Waals surface area contributed by atoms with Gasteiger partial charge in [0.15, 0.2) is 0 Å². The van der Waals surface area contributed by atoms with Crippen LogP contribution in [0, 0.1) is 0 Å². The van der Waals surface area contributed by atoms with E-state index < -0.39 is 0 Å². The molecular formula is C14H18N+. The van der Waals surface area contributed by atoms with E-state index in [9.17, 15) is 0 Å². The standard InChI is InChI=1S/C14H17N/c1-4-8-15(9-5-1)14-10-12-6-2-3-7-13(12)11-14/h2-3,6-7,10H,1,4-5,8-9,11H2/p+1. The molecule has 1 N–H and O–H groups in total. The minimum atomic E-state index is 1.19. The minimum Gasteiger partial charge on any atom is -0.306 e. The molecule has 0 unspecified atom stereocenters. The van der Waals surface area contributed by atoms with Crippen LogP contribution in [0.5, 0.6) is 0 Å². The van der Waals surface area contributed by atoms with Crippen LogP contribution in [0.25, 0.3) is 6.08 Å². The summed E-state index contributed by atoms with van der Waals surface area (Å²) in [5, 5.41) is 0. The molecule has 0 amide bonds. The van der Waals surface area contributed by atoms with Gasteiger partial charge >= 0.3 is 0 Å². The quantitative estimate of drug-likeness (QED) is 0.703. The van der Waals surface area contributed by atoms with Gasteiger partial charge in [-0.25, -0.2) is 0 Å². The summed E-state index contributed by atoms with van der Waals surface area (Å²) in [6.07, 6.45) is 7.84. The molecule has 1 aromatic carbocycles. The van der Waals surface area contributed by atoms with E-state index in [1.807, 2.05) is 0 Å². The maximum absolute atomic E-state index is 2.41. The Balaban J connectivity index is 1.81. The molecule has 1 aliphatic carbocycles. The lowest BCUT2D eigenvalue weighted by Crippen LogP contribution is -3.11. The zero-order valence-corrected chi connectivity index (χ0v) is 9.13. The predicted octanol–water partition coefficient (Wildman–Crippen LogP) is 1.65. The monoisotopic (exact) mass is 200 g/mol. The Bertz CT molecular complexity index is 386. The van der Waals surface area contributed by atoms with Crippen molar-refractivity contribution in [2.45, 2.75) is 25.7 Å². The van der Waals surface area contributed by atoms with Crippen molar-refractivity contribution in [2.75, 3.05) is 13.1 Å². The van der Waals surface area contributed by atoms with E-state index in [0.29, 0.717) is 0 Å². The average Bonchev–Trinajstić information content (AvgIpc) is 2.74. The third-order valence-corrected chi connectivity index (χ3v) is 3.68. The normalized spacial score (nSPS) is 21.2. The fourth-order valence-corrected chi connectivity index (χ4v) is 2.81. The first-order valence-corrected chi connectivity index (χ1v) is 6.07. The van der Waals surface area contributed by atoms with E-state index >= 15 is 0 Å². The summed E-state index contributed by atoms with van der Waals surface area (Å²) in [7, 11) is 0. The first-order chi connectivity index (χ1) is 7.43. The Morgan fingerprint density at radius 1 is 0.933 bits per heavy atom. The lowest BCUT2D eigenvalue weighted by Gasteiger charge is -2.23. The van der Waals surface area contributed by atoms with Crippen molar-refractivity contribution < 1.29 is 4.90 Å². The van der Waals surface area contributed by atoms with Crippen molar-refractivity contribution in [1.29, 1.82) is 0 Å². The smallest absolute Gasteiger partial charge is 0.112 e. The zero-order chi connectivity index (χ0) is 10.1. The van der Waals surface area contributed by atoms with Crippen LogP contribution in [0.4, 0.5) is 0 Å². The molecule has 0 bridgehead atoms. The lowest BCUT2D eigenvalue weighted by molar-refractivity contribution is -0.866. The number of hydrogen-bond donors (Lipinski definition) is 1. The van der Waals surface area contributed by atoms with Gasteiger partial charge in [-0.15, -0.1) is 0 Å². The predicted molar refractivity (Wildman–Crippen MR) is 62.7 cm³/mol. The molecule has 0 spiro atoms. The van der Waals surface area contributed by atoms with Crippen LogP contribution in [0.1, 0.15) is 30.4 Å². The van der Waals surface area contributed by atoms with Crippen molar-refractivity contribution in [1.82, 2.24) is 0 Å². The SMILES string of the molecule is C1=C([NH+]2CCCCC2)Cc2ccccc21. The van der Waals surface area contributed by atoms with Crippen molar-refractivity contribution in [3.63, 3.8) is 0 Å². The summed E-state index contributed by atoms with van der Waals surface area (Å²) in [4.78, 5) is 1.73. The molecule has 0 radical (unpaired) electrons. The number of quaternary nitrogens is 1. The highest BCUT2D eigenvalue weighted by molar-refractivity contribution is 5.61. The molecule has 78 valence electrons. The summed E-state index contributed by atoms with van der Waals surface area (Å²) in [5.74, 6) is 0. The number of piperidine rings is 1. The van der Waals surface area contributed by atoms with Gasteiger partial charge in [0.1, 0.15) is 5.70 Å². The van der Waals surface area contributed by atoms with Crippen LogP contribution in [0.2, 0.25) is 0 Å². The highest BCUT2D eigenvalue weighted by Crippen LogP contribution is 2.21. The summed E-state index contributed by atoms with van der Waals surface area (Å²) < 4.78 is 0. The van der Waals surface area contributed by atoms with Crippen LogP contribution >= 0.6 is 0 Å². The number of allylic oxidation sites excluding steroid dienone is 1. The van der Waals surface area contributed by atoms with Crippen LogP contribution in [0.15, 0.2) is 30.0 Å². The third kappa shape index (κ3) is 1.72. The van der Waals surface area contributed by atoms with Gasteiger partial charge in [-0.05, 0) is 30.4 Å². The van der Waals surface area contributed by atoms with Gasteiger partial charge in [-0.3, -0.25) is 0 Å². The van der Waals surface area contributed by atoms with E-state index in [4.69, 9.17) is 0 Å². The molecule has 1 aromatic rings. The van der Waals surface area contributed by atoms with E-state index in [0.717, 1.165) is 0 Å². The number of fused-ring (bicyclic) bond motifs is 1. The molecule has 3 rings (SSSR count). The molecular weight excluding hydrogens is 182 g/mol. The van der Waals surface area contributed by atoms with Crippen LogP contribution in [0.3, 0.4) is 0 Å². The number of hydrogen-bond acceptors (Lipinski definition) is 0. The lowest BCUT2D eigenvalue weighted by atomic mass is 10.1. The molecule has 2 aliphatic rings. The summed E-state index contributed by atoms with van der Waals surface area (Å²) in [6, 6.07) is 8.80. The Morgan fingerprint density at radius 2 is 1.73 bits per heavy atom. The van der Waals surface area contributed by atoms with Gasteiger partial charge in [0.05, 0.1) is 13.1 Å². The molecule has 1 saturated heterocycles. The molecule has 15 heavy (non-hydrogen) atoms. The van der Waals surface area contributed by atoms with Gasteiger partial charge in [0, 0.05) is 12.5 Å². The molecule has 0 saturated carbocycles. The Labute approximate surface area is 91.4 Å². The Hall–Kier alpha value is -1.08. The Kier molecular flexibility index (Phi) is 2.34. The van der Waals surface area contributed by atoms with Gasteiger partial charge in [-0.1, -0.05) is 24.3 Å². The highest BCUT2D eigenvalue weighted by Gasteiger charge is 2.23. The molecule has 0 atom stereocenters. The summed E-state index contributed by atoms with van der Waals surface area (Å²) in [6.45, 7) is 2.69. The van der Waals surface area contributed by atoms with Crippen LogP contribution in [-0.2, 0) is 6.42 Å². The molecule has 0 aromatic heterocycles. The van der Waals surface area contributed by atoms with Crippen molar-refractivity contribution >= 4 is 6.08 Å². The summed E-state index contributed by atoms with van der Waals surface area (Å²) in [5.41, 5.74) is 4.59. The molecule has 1 fully saturated rings. The number of nitrogens with one attached hydrogen (secondary N) is 1. The van der Waals surface area contributed by atoms with Crippen molar-refractivity contribution in [3.8, 4) is 0 Å². The summed E-state index contributed by atoms with van der Waals surface area (Å²) >= 11 is 0. The van der Waals surface area contributed by atoms with Gasteiger partial charge in [-0.2, -0.15) is 0 Å². The largest absolute Gasteiger partial charge is 0.306 e. The topological polar surface area (TPSA) is 4.44 Å². The van der Waals surface area contributed by atoms with E-state index in [1.54, 1.807) is 10.6 Å². The highest BCUT2D eigenvalue weighted by atomic mass is 15.1. The molecule has 1 nitrogen and oxygen atoms in total. The van der Waals surface area contributed by atoms with Crippen LogP contribution < -0.4 is 4.90 Å². The molecule has 1 aliphatic heterocycles. The van der Waals surface area contributed by atoms with Crippen molar-refractivity contribution in [2.24, 2.45) is 0 Å². The number of likely N-dealkylation sites (tertiary alicyclic amines) is 1. The molecule has 1 heterocycles. The van der Waals surface area contributed by atoms with Gasteiger partial charge in [0.2, 0.25) is 0 Å². The number of rotatable bonds is 1. The fourth-order valence-electron chi connectivity index (χ4n) is 2.81. The first-order valence-electron chi connectivity index (χ1n) is 6.07. The first kappa shape index (κ1) is 9.17. The Morgan fingerprint density at radius 3 is 2.53 bits per heavy atom. The zero-order valence-electron chi connectivity index (χ0n) is 9.13. The van der Waals surface area contributed by atoms with Crippen LogP contribution in [-0.4, -0.2) is 13.1 Å². The molecule has 1 heteroatoms.